The Morgan fingerprint density at radius 3 is 3.00 bits per heavy atom. The van der Waals surface area contributed by atoms with Crippen LogP contribution < -0.4 is 5.32 Å². The molecule has 0 saturated carbocycles. The molecule has 2 aromatic rings. The summed E-state index contributed by atoms with van der Waals surface area (Å²) in [5.74, 6) is -0.0929. The first kappa shape index (κ1) is 9.88. The van der Waals surface area contributed by atoms with Crippen LogP contribution in [0.5, 0.6) is 0 Å². The Bertz CT molecular complexity index is 585. The van der Waals surface area contributed by atoms with Crippen LogP contribution in [0.3, 0.4) is 0 Å². The molecule has 0 aliphatic carbocycles. The van der Waals surface area contributed by atoms with E-state index in [-0.39, 0.29) is 5.69 Å². The number of aromatic carboxylic acids is 1. The van der Waals surface area contributed by atoms with E-state index in [1.54, 1.807) is 0 Å². The molecule has 0 atom stereocenters. The summed E-state index contributed by atoms with van der Waals surface area (Å²) in [7, 11) is 0. The van der Waals surface area contributed by atoms with Crippen LogP contribution in [0.25, 0.3) is 11.3 Å². The van der Waals surface area contributed by atoms with Crippen LogP contribution in [-0.2, 0) is 13.0 Å². The quantitative estimate of drug-likeness (QED) is 0.813. The van der Waals surface area contributed by atoms with Gasteiger partial charge in [-0.05, 0) is 6.42 Å². The lowest BCUT2D eigenvalue weighted by Gasteiger charge is -2.10. The highest BCUT2D eigenvalue weighted by molar-refractivity contribution is 5.97. The van der Waals surface area contributed by atoms with E-state index in [2.05, 4.69) is 15.6 Å². The van der Waals surface area contributed by atoms with E-state index in [1.165, 1.54) is 0 Å². The molecule has 88 valence electrons. The van der Waals surface area contributed by atoms with Gasteiger partial charge in [0.15, 0.2) is 11.5 Å². The van der Waals surface area contributed by atoms with E-state index >= 15 is 0 Å². The number of aromatic nitrogens is 2. The Morgan fingerprint density at radius 2 is 2.29 bits per heavy atom. The van der Waals surface area contributed by atoms with Gasteiger partial charge < -0.3 is 19.5 Å². The lowest BCUT2D eigenvalue weighted by atomic mass is 10.0. The van der Waals surface area contributed by atoms with Crippen molar-refractivity contribution in [2.75, 3.05) is 5.32 Å². The fraction of sp³-hybridized carbons (Fsp3) is 0.300. The van der Waals surface area contributed by atoms with Gasteiger partial charge in [-0.15, -0.1) is 0 Å². The fourth-order valence-electron chi connectivity index (χ4n) is 1.92. The van der Waals surface area contributed by atoms with Crippen LogP contribution in [0.1, 0.15) is 28.9 Å². The fourth-order valence-corrected chi connectivity index (χ4v) is 1.92. The minimum Gasteiger partial charge on any atom is -0.476 e. The molecule has 0 unspecified atom stereocenters. The highest BCUT2D eigenvalue weighted by Crippen LogP contribution is 2.39. The first-order valence-electron chi connectivity index (χ1n) is 5.17. The van der Waals surface area contributed by atoms with Gasteiger partial charge in [0.25, 0.3) is 0 Å². The molecule has 2 N–H and O–H groups in total. The second-order valence-corrected chi connectivity index (χ2v) is 3.68. The van der Waals surface area contributed by atoms with Crippen molar-refractivity contribution in [1.29, 1.82) is 0 Å². The van der Waals surface area contributed by atoms with Crippen molar-refractivity contribution in [1.82, 2.24) is 10.3 Å². The maximum atomic E-state index is 10.9. The second-order valence-electron chi connectivity index (χ2n) is 3.68. The van der Waals surface area contributed by atoms with Gasteiger partial charge in [-0.3, -0.25) is 0 Å². The molecule has 0 radical (unpaired) electrons. The average Bonchev–Trinajstić information content (AvgIpc) is 2.91. The molecule has 1 aliphatic heterocycles. The Hall–Kier alpha value is -2.31. The highest BCUT2D eigenvalue weighted by atomic mass is 16.5. The van der Waals surface area contributed by atoms with Gasteiger partial charge in [-0.2, -0.15) is 0 Å². The van der Waals surface area contributed by atoms with Crippen LogP contribution in [0.15, 0.2) is 9.05 Å². The Kier molecular flexibility index (Phi) is 1.94. The normalized spacial score (nSPS) is 12.8. The van der Waals surface area contributed by atoms with E-state index < -0.39 is 5.97 Å². The zero-order valence-electron chi connectivity index (χ0n) is 8.98. The number of aryl methyl sites for hydroxylation is 1. The SMILES string of the molecule is CCc1noc2c1-c1onc(C(=O)O)c1NC2. The number of carboxylic acids is 1. The molecule has 1 aliphatic rings. The van der Waals surface area contributed by atoms with Crippen LogP contribution in [0.2, 0.25) is 0 Å². The summed E-state index contributed by atoms with van der Waals surface area (Å²) in [5.41, 5.74) is 1.74. The third kappa shape index (κ3) is 1.25. The Balaban J connectivity index is 2.23. The maximum absolute atomic E-state index is 10.9. The first-order chi connectivity index (χ1) is 8.22. The van der Waals surface area contributed by atoms with Crippen molar-refractivity contribution in [2.24, 2.45) is 0 Å². The van der Waals surface area contributed by atoms with Crippen molar-refractivity contribution in [3.05, 3.63) is 17.1 Å². The second kappa shape index (κ2) is 3.34. The lowest BCUT2D eigenvalue weighted by Crippen LogP contribution is -2.09. The summed E-state index contributed by atoms with van der Waals surface area (Å²) >= 11 is 0. The van der Waals surface area contributed by atoms with E-state index in [0.717, 1.165) is 11.3 Å². The smallest absolute Gasteiger partial charge is 0.360 e. The largest absolute Gasteiger partial charge is 0.476 e. The number of carbonyl (C=O) groups is 1. The molecule has 3 rings (SSSR count). The standard InChI is InChI=1S/C10H9N3O4/c1-2-4-6-5(16-12-4)3-11-7-8(10(14)15)13-17-9(6)7/h11H,2-3H2,1H3,(H,14,15). The molecule has 3 heterocycles. The van der Waals surface area contributed by atoms with Crippen molar-refractivity contribution >= 4 is 11.7 Å². The van der Waals surface area contributed by atoms with Crippen molar-refractivity contribution in [3.63, 3.8) is 0 Å². The molecule has 17 heavy (non-hydrogen) atoms. The molecule has 0 bridgehead atoms. The summed E-state index contributed by atoms with van der Waals surface area (Å²) in [6.07, 6.45) is 0.682. The maximum Gasteiger partial charge on any atom is 0.360 e. The molecular weight excluding hydrogens is 226 g/mol. The molecule has 7 heteroatoms. The summed E-state index contributed by atoms with van der Waals surface area (Å²) in [5, 5.41) is 19.3. The minimum atomic E-state index is -1.12. The minimum absolute atomic E-state index is 0.117. The predicted molar refractivity (Wildman–Crippen MR) is 55.7 cm³/mol. The highest BCUT2D eigenvalue weighted by Gasteiger charge is 2.32. The average molecular weight is 235 g/mol. The Labute approximate surface area is 95.4 Å². The third-order valence-electron chi connectivity index (χ3n) is 2.72. The number of anilines is 1. The van der Waals surface area contributed by atoms with Crippen molar-refractivity contribution in [3.8, 4) is 11.3 Å². The van der Waals surface area contributed by atoms with Crippen LogP contribution in [0, 0.1) is 0 Å². The summed E-state index contributed by atoms with van der Waals surface area (Å²) < 4.78 is 10.2. The molecule has 0 saturated heterocycles. The first-order valence-corrected chi connectivity index (χ1v) is 5.17. The number of fused-ring (bicyclic) bond motifs is 3. The van der Waals surface area contributed by atoms with Crippen LogP contribution in [-0.4, -0.2) is 21.4 Å². The predicted octanol–water partition coefficient (Wildman–Crippen LogP) is 1.52. The van der Waals surface area contributed by atoms with Crippen LogP contribution in [0.4, 0.5) is 5.69 Å². The number of hydrogen-bond acceptors (Lipinski definition) is 6. The third-order valence-corrected chi connectivity index (χ3v) is 2.72. The van der Waals surface area contributed by atoms with Gasteiger partial charge in [0, 0.05) is 0 Å². The van der Waals surface area contributed by atoms with E-state index in [4.69, 9.17) is 14.2 Å². The molecule has 0 fully saturated rings. The zero-order chi connectivity index (χ0) is 12.0. The summed E-state index contributed by atoms with van der Waals surface area (Å²) in [6, 6.07) is 0. The molecule has 0 spiro atoms. The van der Waals surface area contributed by atoms with Gasteiger partial charge >= 0.3 is 5.97 Å². The monoisotopic (exact) mass is 235 g/mol. The number of carboxylic acid groups (broad SMARTS) is 1. The van der Waals surface area contributed by atoms with Gasteiger partial charge in [-0.1, -0.05) is 17.2 Å². The molecular formula is C10H9N3O4. The van der Waals surface area contributed by atoms with E-state index in [9.17, 15) is 4.79 Å². The molecule has 2 aromatic heterocycles. The van der Waals surface area contributed by atoms with Gasteiger partial charge in [0.05, 0.1) is 17.8 Å². The summed E-state index contributed by atoms with van der Waals surface area (Å²) in [6.45, 7) is 2.32. The van der Waals surface area contributed by atoms with Gasteiger partial charge in [-0.25, -0.2) is 4.79 Å². The number of hydrogen-bond donors (Lipinski definition) is 2. The molecule has 0 aromatic carbocycles. The topological polar surface area (TPSA) is 101 Å². The number of nitrogens with zero attached hydrogens (tertiary/aromatic N) is 2. The molecule has 7 nitrogen and oxygen atoms in total. The number of nitrogens with one attached hydrogen (secondary N) is 1. The van der Waals surface area contributed by atoms with Crippen molar-refractivity contribution in [2.45, 2.75) is 19.9 Å². The van der Waals surface area contributed by atoms with Gasteiger partial charge in [0.1, 0.15) is 5.69 Å². The van der Waals surface area contributed by atoms with E-state index in [1.807, 2.05) is 6.92 Å². The molecule has 0 amide bonds. The zero-order valence-corrected chi connectivity index (χ0v) is 8.98. The van der Waals surface area contributed by atoms with Crippen molar-refractivity contribution < 1.29 is 18.9 Å². The number of rotatable bonds is 2. The summed E-state index contributed by atoms with van der Waals surface area (Å²) in [4.78, 5) is 10.9. The van der Waals surface area contributed by atoms with Gasteiger partial charge in [0.2, 0.25) is 5.69 Å². The van der Waals surface area contributed by atoms with Crippen LogP contribution >= 0.6 is 0 Å². The van der Waals surface area contributed by atoms with E-state index in [0.29, 0.717) is 30.2 Å². The lowest BCUT2D eigenvalue weighted by molar-refractivity contribution is 0.0686. The Morgan fingerprint density at radius 1 is 1.47 bits per heavy atom.